The fourth-order valence-corrected chi connectivity index (χ4v) is 3.93. The van der Waals surface area contributed by atoms with Crippen molar-refractivity contribution in [2.75, 3.05) is 5.75 Å². The molecular weight excluding hydrogens is 388 g/mol. The van der Waals surface area contributed by atoms with Crippen molar-refractivity contribution in [3.63, 3.8) is 0 Å². The minimum atomic E-state index is 0.711. The molecule has 0 radical (unpaired) electrons. The highest BCUT2D eigenvalue weighted by atomic mass is 35.5. The van der Waals surface area contributed by atoms with Crippen molar-refractivity contribution in [2.24, 2.45) is 0 Å². The first-order chi connectivity index (χ1) is 13.8. The largest absolute Gasteiger partial charge is 0.298 e. The highest BCUT2D eigenvalue weighted by molar-refractivity contribution is 7.99. The van der Waals surface area contributed by atoms with Gasteiger partial charge in [0, 0.05) is 28.2 Å². The zero-order chi connectivity index (χ0) is 19.2. The Bertz CT molecular complexity index is 1020. The molecule has 0 spiro atoms. The molecule has 0 fully saturated rings. The van der Waals surface area contributed by atoms with E-state index in [0.29, 0.717) is 5.02 Å². The molecule has 0 aliphatic heterocycles. The van der Waals surface area contributed by atoms with E-state index >= 15 is 0 Å². The number of rotatable bonds is 7. The molecule has 2 aromatic heterocycles. The summed E-state index contributed by atoms with van der Waals surface area (Å²) >= 11 is 7.75. The third-order valence-electron chi connectivity index (χ3n) is 4.32. The minimum absolute atomic E-state index is 0.711. The normalized spacial score (nSPS) is 10.9. The molecule has 0 atom stereocenters. The molecule has 4 rings (SSSR count). The first kappa shape index (κ1) is 18.7. The van der Waals surface area contributed by atoms with Crippen LogP contribution in [0.25, 0.3) is 11.4 Å². The lowest BCUT2D eigenvalue weighted by Crippen LogP contribution is -2.04. The summed E-state index contributed by atoms with van der Waals surface area (Å²) < 4.78 is 2.17. The summed E-state index contributed by atoms with van der Waals surface area (Å²) in [5.74, 6) is 1.74. The predicted molar refractivity (Wildman–Crippen MR) is 115 cm³/mol. The quantitative estimate of drug-likeness (QED) is 0.386. The highest BCUT2D eigenvalue weighted by Crippen LogP contribution is 2.26. The number of hydrogen-bond donors (Lipinski definition) is 0. The maximum absolute atomic E-state index is 6.05. The molecule has 2 heterocycles. The monoisotopic (exact) mass is 406 g/mol. The van der Waals surface area contributed by atoms with E-state index in [1.165, 1.54) is 5.56 Å². The summed E-state index contributed by atoms with van der Waals surface area (Å²) in [7, 11) is 0. The van der Waals surface area contributed by atoms with Gasteiger partial charge in [0.15, 0.2) is 11.0 Å². The minimum Gasteiger partial charge on any atom is -0.298 e. The first-order valence-electron chi connectivity index (χ1n) is 9.05. The molecule has 140 valence electrons. The standard InChI is InChI=1S/C22H19ClN4S/c23-19-11-9-18(10-12-19)21-25-26-22(27(21)16-17-6-2-1-3-7-17)28-15-13-20-8-4-5-14-24-20/h1-12,14H,13,15-16H2. The van der Waals surface area contributed by atoms with E-state index in [-0.39, 0.29) is 0 Å². The molecule has 2 aromatic carbocycles. The fourth-order valence-electron chi connectivity index (χ4n) is 2.91. The Kier molecular flexibility index (Phi) is 6.04. The van der Waals surface area contributed by atoms with E-state index in [4.69, 9.17) is 11.6 Å². The Morgan fingerprint density at radius 1 is 0.857 bits per heavy atom. The van der Waals surface area contributed by atoms with Gasteiger partial charge in [0.1, 0.15) is 0 Å². The second-order valence-corrected chi connectivity index (χ2v) is 7.80. The van der Waals surface area contributed by atoms with Crippen molar-refractivity contribution in [1.29, 1.82) is 0 Å². The van der Waals surface area contributed by atoms with Gasteiger partial charge in [-0.25, -0.2) is 0 Å². The van der Waals surface area contributed by atoms with Crippen LogP contribution in [0.5, 0.6) is 0 Å². The summed E-state index contributed by atoms with van der Waals surface area (Å²) in [5, 5.41) is 10.6. The van der Waals surface area contributed by atoms with Crippen LogP contribution in [0.1, 0.15) is 11.3 Å². The summed E-state index contributed by atoms with van der Waals surface area (Å²) in [4.78, 5) is 4.39. The van der Waals surface area contributed by atoms with Crippen molar-refractivity contribution in [3.8, 4) is 11.4 Å². The van der Waals surface area contributed by atoms with Gasteiger partial charge in [-0.15, -0.1) is 10.2 Å². The second-order valence-electron chi connectivity index (χ2n) is 6.30. The third kappa shape index (κ3) is 4.61. The van der Waals surface area contributed by atoms with Crippen LogP contribution in [0.4, 0.5) is 0 Å². The molecule has 0 saturated carbocycles. The molecule has 4 nitrogen and oxygen atoms in total. The Balaban J connectivity index is 1.59. The van der Waals surface area contributed by atoms with E-state index < -0.39 is 0 Å². The molecule has 4 aromatic rings. The van der Waals surface area contributed by atoms with Crippen LogP contribution >= 0.6 is 23.4 Å². The van der Waals surface area contributed by atoms with Gasteiger partial charge in [-0.1, -0.05) is 59.8 Å². The number of aromatic nitrogens is 4. The van der Waals surface area contributed by atoms with Gasteiger partial charge in [-0.3, -0.25) is 9.55 Å². The van der Waals surface area contributed by atoms with Gasteiger partial charge < -0.3 is 0 Å². The Morgan fingerprint density at radius 2 is 1.64 bits per heavy atom. The van der Waals surface area contributed by atoms with Gasteiger partial charge in [-0.2, -0.15) is 0 Å². The molecule has 0 aliphatic rings. The summed E-state index contributed by atoms with van der Waals surface area (Å²) in [6.45, 7) is 0.720. The smallest absolute Gasteiger partial charge is 0.191 e. The second kappa shape index (κ2) is 9.04. The number of halogens is 1. The molecule has 0 unspecified atom stereocenters. The zero-order valence-corrected chi connectivity index (χ0v) is 16.8. The van der Waals surface area contributed by atoms with E-state index in [1.807, 2.05) is 54.7 Å². The summed E-state index contributed by atoms with van der Waals surface area (Å²) in [6.07, 6.45) is 2.72. The third-order valence-corrected chi connectivity index (χ3v) is 5.54. The lowest BCUT2D eigenvalue weighted by Gasteiger charge is -2.10. The van der Waals surface area contributed by atoms with Crippen molar-refractivity contribution < 1.29 is 0 Å². The predicted octanol–water partition coefficient (Wildman–Crippen LogP) is 5.38. The van der Waals surface area contributed by atoms with Gasteiger partial charge in [0.25, 0.3) is 0 Å². The van der Waals surface area contributed by atoms with Crippen molar-refractivity contribution in [1.82, 2.24) is 19.7 Å². The van der Waals surface area contributed by atoms with Crippen LogP contribution in [0.15, 0.2) is 84.1 Å². The van der Waals surface area contributed by atoms with E-state index in [1.54, 1.807) is 11.8 Å². The van der Waals surface area contributed by atoms with E-state index in [2.05, 4.69) is 44.0 Å². The average Bonchev–Trinajstić information content (AvgIpc) is 3.13. The number of nitrogens with zero attached hydrogens (tertiary/aromatic N) is 4. The molecule has 0 saturated heterocycles. The molecule has 0 aliphatic carbocycles. The molecular formula is C22H19ClN4S. The molecule has 0 N–H and O–H groups in total. The SMILES string of the molecule is Clc1ccc(-c2nnc(SCCc3ccccn3)n2Cc2ccccc2)cc1. The molecule has 0 amide bonds. The van der Waals surface area contributed by atoms with Gasteiger partial charge in [-0.05, 0) is 48.4 Å². The van der Waals surface area contributed by atoms with Crippen LogP contribution < -0.4 is 0 Å². The Hall–Kier alpha value is -2.63. The van der Waals surface area contributed by atoms with Crippen LogP contribution in [-0.4, -0.2) is 25.5 Å². The first-order valence-corrected chi connectivity index (χ1v) is 10.4. The van der Waals surface area contributed by atoms with Crippen LogP contribution in [-0.2, 0) is 13.0 Å². The van der Waals surface area contributed by atoms with Crippen molar-refractivity contribution in [3.05, 3.63) is 95.3 Å². The van der Waals surface area contributed by atoms with Gasteiger partial charge >= 0.3 is 0 Å². The zero-order valence-electron chi connectivity index (χ0n) is 15.2. The maximum Gasteiger partial charge on any atom is 0.191 e. The number of thioether (sulfide) groups is 1. The van der Waals surface area contributed by atoms with E-state index in [0.717, 1.165) is 41.0 Å². The number of pyridine rings is 1. The van der Waals surface area contributed by atoms with Crippen molar-refractivity contribution >= 4 is 23.4 Å². The molecule has 6 heteroatoms. The average molecular weight is 407 g/mol. The summed E-state index contributed by atoms with van der Waals surface area (Å²) in [6, 6.07) is 24.1. The lowest BCUT2D eigenvalue weighted by atomic mass is 10.2. The number of aryl methyl sites for hydroxylation is 1. The number of hydrogen-bond acceptors (Lipinski definition) is 4. The summed E-state index contributed by atoms with van der Waals surface area (Å²) in [5.41, 5.74) is 3.30. The molecule has 28 heavy (non-hydrogen) atoms. The van der Waals surface area contributed by atoms with Crippen molar-refractivity contribution in [2.45, 2.75) is 18.1 Å². The fraction of sp³-hybridized carbons (Fsp3) is 0.136. The molecule has 0 bridgehead atoms. The van der Waals surface area contributed by atoms with Crippen LogP contribution in [0.2, 0.25) is 5.02 Å². The van der Waals surface area contributed by atoms with Gasteiger partial charge in [0.05, 0.1) is 6.54 Å². The lowest BCUT2D eigenvalue weighted by molar-refractivity contribution is 0.714. The Labute approximate surface area is 173 Å². The maximum atomic E-state index is 6.05. The van der Waals surface area contributed by atoms with Crippen LogP contribution in [0.3, 0.4) is 0 Å². The van der Waals surface area contributed by atoms with Crippen LogP contribution in [0, 0.1) is 0 Å². The topological polar surface area (TPSA) is 43.6 Å². The van der Waals surface area contributed by atoms with Gasteiger partial charge in [0.2, 0.25) is 0 Å². The highest BCUT2D eigenvalue weighted by Gasteiger charge is 2.15. The number of benzene rings is 2. The Morgan fingerprint density at radius 3 is 2.39 bits per heavy atom. The van der Waals surface area contributed by atoms with E-state index in [9.17, 15) is 0 Å².